The summed E-state index contributed by atoms with van der Waals surface area (Å²) in [5.74, 6) is -0.707. The number of nitrogens with two attached hydrogens (primary N) is 1. The minimum absolute atomic E-state index is 0.155. The lowest BCUT2D eigenvalue weighted by molar-refractivity contribution is -0.115. The Hall–Kier alpha value is -2.82. The standard InChI is InChI=1S/C19H21N3O2/c1-13-8-9-17-14(11-13)5-4-10-22(17)12-18(23)21-16-7-3-2-6-15(16)19(20)24/h2-3,6-9,11H,4-5,10,12H2,1H3,(H2,20,24)(H,21,23). The molecule has 0 unspecified atom stereocenters. The van der Waals surface area contributed by atoms with Gasteiger partial charge in [-0.3, -0.25) is 9.59 Å². The van der Waals surface area contributed by atoms with E-state index in [4.69, 9.17) is 5.73 Å². The molecular formula is C19H21N3O2. The average molecular weight is 323 g/mol. The van der Waals surface area contributed by atoms with Gasteiger partial charge in [-0.25, -0.2) is 0 Å². The van der Waals surface area contributed by atoms with Crippen molar-refractivity contribution < 1.29 is 9.59 Å². The number of aryl methyl sites for hydroxylation is 2. The molecule has 5 heteroatoms. The smallest absolute Gasteiger partial charge is 0.250 e. The van der Waals surface area contributed by atoms with E-state index < -0.39 is 5.91 Å². The van der Waals surface area contributed by atoms with E-state index in [1.54, 1.807) is 24.3 Å². The molecule has 0 bridgehead atoms. The number of amides is 2. The quantitative estimate of drug-likeness (QED) is 0.907. The van der Waals surface area contributed by atoms with Gasteiger partial charge in [-0.15, -0.1) is 0 Å². The molecule has 0 atom stereocenters. The third-order valence-electron chi connectivity index (χ3n) is 4.25. The van der Waals surface area contributed by atoms with Gasteiger partial charge < -0.3 is 16.0 Å². The van der Waals surface area contributed by atoms with E-state index >= 15 is 0 Å². The van der Waals surface area contributed by atoms with Gasteiger partial charge in [-0.1, -0.05) is 29.8 Å². The van der Waals surface area contributed by atoms with Crippen LogP contribution in [0.4, 0.5) is 11.4 Å². The topological polar surface area (TPSA) is 75.4 Å². The molecule has 0 fully saturated rings. The summed E-state index contributed by atoms with van der Waals surface area (Å²) in [6.07, 6.45) is 2.07. The van der Waals surface area contributed by atoms with E-state index in [9.17, 15) is 9.59 Å². The van der Waals surface area contributed by atoms with Crippen LogP contribution in [0.5, 0.6) is 0 Å². The monoisotopic (exact) mass is 323 g/mol. The number of rotatable bonds is 4. The van der Waals surface area contributed by atoms with Gasteiger partial charge in [-0.2, -0.15) is 0 Å². The first-order chi connectivity index (χ1) is 11.5. The molecule has 1 aliphatic heterocycles. The Morgan fingerprint density at radius 1 is 1.21 bits per heavy atom. The highest BCUT2D eigenvalue weighted by Crippen LogP contribution is 2.27. The summed E-state index contributed by atoms with van der Waals surface area (Å²) >= 11 is 0. The summed E-state index contributed by atoms with van der Waals surface area (Å²) in [6.45, 7) is 3.18. The molecule has 0 spiro atoms. The van der Waals surface area contributed by atoms with E-state index in [1.165, 1.54) is 11.1 Å². The van der Waals surface area contributed by atoms with Gasteiger partial charge >= 0.3 is 0 Å². The molecule has 124 valence electrons. The van der Waals surface area contributed by atoms with Gasteiger partial charge in [0.25, 0.3) is 5.91 Å². The lowest BCUT2D eigenvalue weighted by atomic mass is 9.99. The van der Waals surface area contributed by atoms with Crippen molar-refractivity contribution >= 4 is 23.2 Å². The Morgan fingerprint density at radius 3 is 2.79 bits per heavy atom. The molecule has 1 heterocycles. The van der Waals surface area contributed by atoms with Crippen molar-refractivity contribution in [2.45, 2.75) is 19.8 Å². The van der Waals surface area contributed by atoms with Gasteiger partial charge in [0.15, 0.2) is 0 Å². The van der Waals surface area contributed by atoms with Crippen LogP contribution in [0.1, 0.15) is 27.9 Å². The number of carbonyl (C=O) groups excluding carboxylic acids is 2. The Labute approximate surface area is 141 Å². The maximum absolute atomic E-state index is 12.4. The van der Waals surface area contributed by atoms with Crippen molar-refractivity contribution in [3.05, 3.63) is 59.2 Å². The molecule has 3 rings (SSSR count). The second-order valence-electron chi connectivity index (χ2n) is 6.12. The second-order valence-corrected chi connectivity index (χ2v) is 6.12. The molecule has 0 radical (unpaired) electrons. The molecule has 1 aliphatic rings. The fourth-order valence-corrected chi connectivity index (χ4v) is 3.14. The molecule has 0 aliphatic carbocycles. The van der Waals surface area contributed by atoms with Crippen molar-refractivity contribution in [3.63, 3.8) is 0 Å². The van der Waals surface area contributed by atoms with Crippen LogP contribution in [0.15, 0.2) is 42.5 Å². The largest absolute Gasteiger partial charge is 0.366 e. The number of benzene rings is 2. The van der Waals surface area contributed by atoms with E-state index in [0.29, 0.717) is 11.3 Å². The highest BCUT2D eigenvalue weighted by Gasteiger charge is 2.20. The molecule has 2 amide bonds. The van der Waals surface area contributed by atoms with Crippen LogP contribution in [-0.4, -0.2) is 24.9 Å². The van der Waals surface area contributed by atoms with Crippen molar-refractivity contribution in [2.24, 2.45) is 5.73 Å². The summed E-state index contributed by atoms with van der Waals surface area (Å²) in [7, 11) is 0. The highest BCUT2D eigenvalue weighted by molar-refractivity contribution is 6.03. The molecule has 24 heavy (non-hydrogen) atoms. The zero-order valence-electron chi connectivity index (χ0n) is 13.7. The van der Waals surface area contributed by atoms with Gasteiger partial charge in [0.2, 0.25) is 5.91 Å². The predicted octanol–water partition coefficient (Wildman–Crippen LogP) is 2.49. The number of primary amides is 1. The average Bonchev–Trinajstić information content (AvgIpc) is 2.55. The first-order valence-corrected chi connectivity index (χ1v) is 8.08. The Bertz CT molecular complexity index is 786. The molecule has 0 aromatic heterocycles. The number of hydrogen-bond donors (Lipinski definition) is 2. The second kappa shape index (κ2) is 6.74. The fraction of sp³-hybridized carbons (Fsp3) is 0.263. The van der Waals surface area contributed by atoms with Gasteiger partial charge in [0.05, 0.1) is 17.8 Å². The maximum Gasteiger partial charge on any atom is 0.250 e. The molecule has 0 saturated heterocycles. The number of anilines is 2. The number of carbonyl (C=O) groups is 2. The number of para-hydroxylation sites is 1. The summed E-state index contributed by atoms with van der Waals surface area (Å²) in [5.41, 5.74) is 9.76. The van der Waals surface area contributed by atoms with Crippen LogP contribution >= 0.6 is 0 Å². The molecule has 2 aromatic rings. The van der Waals surface area contributed by atoms with Crippen LogP contribution in [0.2, 0.25) is 0 Å². The lowest BCUT2D eigenvalue weighted by Crippen LogP contribution is -2.37. The first-order valence-electron chi connectivity index (χ1n) is 8.08. The summed E-state index contributed by atoms with van der Waals surface area (Å²) in [4.78, 5) is 26.0. The van der Waals surface area contributed by atoms with E-state index in [1.807, 2.05) is 0 Å². The predicted molar refractivity (Wildman–Crippen MR) is 95.3 cm³/mol. The molecule has 0 saturated carbocycles. The molecule has 5 nitrogen and oxygen atoms in total. The number of hydrogen-bond acceptors (Lipinski definition) is 3. The molecular weight excluding hydrogens is 302 g/mol. The zero-order valence-corrected chi connectivity index (χ0v) is 13.7. The van der Waals surface area contributed by atoms with Crippen LogP contribution in [0, 0.1) is 6.92 Å². The number of nitrogens with one attached hydrogen (secondary N) is 1. The minimum atomic E-state index is -0.551. The maximum atomic E-state index is 12.4. The van der Waals surface area contributed by atoms with Gasteiger partial charge in [-0.05, 0) is 43.5 Å². The van der Waals surface area contributed by atoms with Crippen LogP contribution in [0.25, 0.3) is 0 Å². The van der Waals surface area contributed by atoms with Crippen LogP contribution < -0.4 is 16.0 Å². The molecule has 2 aromatic carbocycles. The normalized spacial score (nSPS) is 13.3. The van der Waals surface area contributed by atoms with Gasteiger partial charge in [0.1, 0.15) is 0 Å². The van der Waals surface area contributed by atoms with Crippen molar-refractivity contribution in [2.75, 3.05) is 23.3 Å². The van der Waals surface area contributed by atoms with E-state index in [0.717, 1.165) is 25.1 Å². The number of nitrogens with zero attached hydrogens (tertiary/aromatic N) is 1. The summed E-state index contributed by atoms with van der Waals surface area (Å²) < 4.78 is 0. The van der Waals surface area contributed by atoms with Gasteiger partial charge in [0, 0.05) is 12.2 Å². The first kappa shape index (κ1) is 16.1. The highest BCUT2D eigenvalue weighted by atomic mass is 16.2. The van der Waals surface area contributed by atoms with Crippen LogP contribution in [-0.2, 0) is 11.2 Å². The Morgan fingerprint density at radius 2 is 2.00 bits per heavy atom. The van der Waals surface area contributed by atoms with Crippen molar-refractivity contribution in [1.82, 2.24) is 0 Å². The minimum Gasteiger partial charge on any atom is -0.366 e. The summed E-state index contributed by atoms with van der Waals surface area (Å²) in [6, 6.07) is 13.1. The molecule has 3 N–H and O–H groups in total. The van der Waals surface area contributed by atoms with E-state index in [-0.39, 0.29) is 12.5 Å². The lowest BCUT2D eigenvalue weighted by Gasteiger charge is -2.31. The Kier molecular flexibility index (Phi) is 4.51. The summed E-state index contributed by atoms with van der Waals surface area (Å²) in [5, 5.41) is 2.80. The van der Waals surface area contributed by atoms with E-state index in [2.05, 4.69) is 35.3 Å². The number of fused-ring (bicyclic) bond motifs is 1. The SMILES string of the molecule is Cc1ccc2c(c1)CCCN2CC(=O)Nc1ccccc1C(N)=O. The third kappa shape index (κ3) is 3.40. The fourth-order valence-electron chi connectivity index (χ4n) is 3.14. The Balaban J connectivity index is 1.74. The zero-order chi connectivity index (χ0) is 17.1. The van der Waals surface area contributed by atoms with Crippen LogP contribution in [0.3, 0.4) is 0 Å². The van der Waals surface area contributed by atoms with Crippen molar-refractivity contribution in [1.29, 1.82) is 0 Å². The van der Waals surface area contributed by atoms with Crippen molar-refractivity contribution in [3.8, 4) is 0 Å². The third-order valence-corrected chi connectivity index (χ3v) is 4.25.